The number of H-pyrrole nitrogens is 1. The molecule has 0 bridgehead atoms. The zero-order valence-corrected chi connectivity index (χ0v) is 18.7. The van der Waals surface area contributed by atoms with Crippen molar-refractivity contribution in [1.82, 2.24) is 9.88 Å². The van der Waals surface area contributed by atoms with Gasteiger partial charge in [0.25, 0.3) is 0 Å². The van der Waals surface area contributed by atoms with Gasteiger partial charge in [-0.1, -0.05) is 52.9 Å². The van der Waals surface area contributed by atoms with Gasteiger partial charge in [0.05, 0.1) is 18.7 Å². The zero-order chi connectivity index (χ0) is 20.5. The summed E-state index contributed by atoms with van der Waals surface area (Å²) in [5.41, 5.74) is 4.71. The lowest BCUT2D eigenvalue weighted by Gasteiger charge is -2.41. The number of rotatable bonds is 4. The van der Waals surface area contributed by atoms with Crippen molar-refractivity contribution in [1.29, 1.82) is 0 Å². The Labute approximate surface area is 187 Å². The third-order valence-corrected chi connectivity index (χ3v) is 6.70. The number of amides is 1. The molecule has 1 amide bonds. The molecule has 1 aromatic heterocycles. The molecule has 0 saturated heterocycles. The molecule has 1 aliphatic rings. The first-order valence-corrected chi connectivity index (χ1v) is 11.4. The fraction of sp³-hybridized carbons (Fsp3) is 0.273. The molecule has 0 spiro atoms. The van der Waals surface area contributed by atoms with Crippen molar-refractivity contribution in [3.05, 3.63) is 70.9 Å². The van der Waals surface area contributed by atoms with E-state index in [1.165, 1.54) is 18.1 Å². The highest BCUT2D eigenvalue weighted by molar-refractivity contribution is 14.1. The topological polar surface area (TPSA) is 62.4 Å². The SMILES string of the molecule is COC(=O)c1ccc([C@H]2c3[nH]c4ccccc4c3C[C@H](CI)N2C(=O)CCl)cc1. The average Bonchev–Trinajstić information content (AvgIpc) is 3.15. The molecule has 2 heterocycles. The number of alkyl halides is 2. The third kappa shape index (κ3) is 3.53. The lowest BCUT2D eigenvalue weighted by molar-refractivity contribution is -0.132. The number of carbonyl (C=O) groups excluding carboxylic acids is 2. The van der Waals surface area contributed by atoms with Crippen LogP contribution in [0.25, 0.3) is 10.9 Å². The normalized spacial score (nSPS) is 18.5. The fourth-order valence-electron chi connectivity index (χ4n) is 4.15. The Kier molecular flexibility index (Phi) is 5.83. The van der Waals surface area contributed by atoms with Crippen LogP contribution in [-0.2, 0) is 16.0 Å². The maximum Gasteiger partial charge on any atom is 0.337 e. The number of aromatic nitrogens is 1. The standard InChI is InChI=1S/C22H20ClIN2O3/c1-29-22(28)14-8-6-13(7-9-14)21-20-17(16-4-2-3-5-18(16)25-20)10-15(12-24)26(21)19(27)11-23/h2-9,15,21,25H,10-12H2,1H3/t15-,21+/m1/s1. The van der Waals surface area contributed by atoms with Gasteiger partial charge < -0.3 is 14.6 Å². The largest absolute Gasteiger partial charge is 0.465 e. The van der Waals surface area contributed by atoms with Gasteiger partial charge in [-0.25, -0.2) is 4.79 Å². The molecule has 0 radical (unpaired) electrons. The van der Waals surface area contributed by atoms with Gasteiger partial charge in [-0.2, -0.15) is 0 Å². The van der Waals surface area contributed by atoms with E-state index in [9.17, 15) is 9.59 Å². The molecule has 150 valence electrons. The second-order valence-corrected chi connectivity index (χ2v) is 8.17. The third-order valence-electron chi connectivity index (χ3n) is 5.46. The summed E-state index contributed by atoms with van der Waals surface area (Å²) in [6.07, 6.45) is 0.779. The average molecular weight is 523 g/mol. The number of nitrogens with zero attached hydrogens (tertiary/aromatic N) is 1. The summed E-state index contributed by atoms with van der Waals surface area (Å²) in [5, 5.41) is 1.19. The lowest BCUT2D eigenvalue weighted by atomic mass is 9.88. The second kappa shape index (κ2) is 8.36. The predicted molar refractivity (Wildman–Crippen MR) is 122 cm³/mol. The highest BCUT2D eigenvalue weighted by Crippen LogP contribution is 2.41. The number of hydrogen-bond acceptors (Lipinski definition) is 3. The minimum absolute atomic E-state index is 0.0406. The van der Waals surface area contributed by atoms with Crippen molar-refractivity contribution in [3.63, 3.8) is 0 Å². The van der Waals surface area contributed by atoms with Crippen molar-refractivity contribution in [3.8, 4) is 0 Å². The maximum atomic E-state index is 12.9. The van der Waals surface area contributed by atoms with Gasteiger partial charge >= 0.3 is 5.97 Å². The molecule has 0 saturated carbocycles. The monoisotopic (exact) mass is 522 g/mol. The molecule has 0 unspecified atom stereocenters. The number of esters is 1. The number of halogens is 2. The molecule has 29 heavy (non-hydrogen) atoms. The van der Waals surface area contributed by atoms with Gasteiger partial charge in [0.2, 0.25) is 5.91 Å². The summed E-state index contributed by atoms with van der Waals surface area (Å²) in [5.74, 6) is -0.551. The Morgan fingerprint density at radius 1 is 1.21 bits per heavy atom. The van der Waals surface area contributed by atoms with Crippen LogP contribution in [0.1, 0.15) is 33.2 Å². The first-order valence-electron chi connectivity index (χ1n) is 9.29. The van der Waals surface area contributed by atoms with Crippen LogP contribution in [0.15, 0.2) is 48.5 Å². The van der Waals surface area contributed by atoms with Crippen molar-refractivity contribution < 1.29 is 14.3 Å². The number of benzene rings is 2. The first-order chi connectivity index (χ1) is 14.1. The van der Waals surface area contributed by atoms with E-state index in [-0.39, 0.29) is 29.8 Å². The van der Waals surface area contributed by atoms with Crippen LogP contribution in [0.3, 0.4) is 0 Å². The van der Waals surface area contributed by atoms with Crippen LogP contribution < -0.4 is 0 Å². The summed E-state index contributed by atoms with van der Waals surface area (Å²) >= 11 is 8.32. The number of para-hydroxylation sites is 1. The highest BCUT2D eigenvalue weighted by Gasteiger charge is 2.39. The van der Waals surface area contributed by atoms with Crippen molar-refractivity contribution in [2.45, 2.75) is 18.5 Å². The van der Waals surface area contributed by atoms with E-state index in [0.29, 0.717) is 5.56 Å². The van der Waals surface area contributed by atoms with Gasteiger partial charge in [0, 0.05) is 27.1 Å². The van der Waals surface area contributed by atoms with Gasteiger partial charge in [-0.3, -0.25) is 4.79 Å². The quantitative estimate of drug-likeness (QED) is 0.312. The number of hydrogen-bond donors (Lipinski definition) is 1. The second-order valence-electron chi connectivity index (χ2n) is 7.03. The number of ether oxygens (including phenoxy) is 1. The summed E-state index contributed by atoms with van der Waals surface area (Å²) in [6.45, 7) is 0. The number of aromatic amines is 1. The zero-order valence-electron chi connectivity index (χ0n) is 15.8. The Hall–Kier alpha value is -2.06. The smallest absolute Gasteiger partial charge is 0.337 e. The number of fused-ring (bicyclic) bond motifs is 3. The Morgan fingerprint density at radius 3 is 2.59 bits per heavy atom. The molecule has 0 fully saturated rings. The Morgan fingerprint density at radius 2 is 1.93 bits per heavy atom. The van der Waals surface area contributed by atoms with Crippen LogP contribution in [0.4, 0.5) is 0 Å². The molecular formula is C22H20ClIN2O3. The van der Waals surface area contributed by atoms with Crippen LogP contribution in [0, 0.1) is 0 Å². The van der Waals surface area contributed by atoms with Gasteiger partial charge in [-0.05, 0) is 35.7 Å². The molecule has 0 aliphatic carbocycles. The van der Waals surface area contributed by atoms with Crippen LogP contribution in [-0.4, -0.2) is 45.2 Å². The lowest BCUT2D eigenvalue weighted by Crippen LogP contribution is -2.49. The predicted octanol–water partition coefficient (Wildman–Crippen LogP) is 4.47. The van der Waals surface area contributed by atoms with E-state index in [2.05, 4.69) is 39.7 Å². The summed E-state index contributed by atoms with van der Waals surface area (Å²) in [4.78, 5) is 30.1. The number of methoxy groups -OCH3 is 1. The molecule has 2 atom stereocenters. The highest BCUT2D eigenvalue weighted by atomic mass is 127. The van der Waals surface area contributed by atoms with Gasteiger partial charge in [0.1, 0.15) is 5.88 Å². The molecule has 5 nitrogen and oxygen atoms in total. The number of carbonyl (C=O) groups is 2. The minimum atomic E-state index is -0.384. The maximum absolute atomic E-state index is 12.9. The first kappa shape index (κ1) is 20.2. The van der Waals surface area contributed by atoms with Gasteiger partial charge in [-0.15, -0.1) is 11.6 Å². The van der Waals surface area contributed by atoms with Crippen LogP contribution in [0.5, 0.6) is 0 Å². The molecular weight excluding hydrogens is 503 g/mol. The van der Waals surface area contributed by atoms with E-state index >= 15 is 0 Å². The molecule has 3 aromatic rings. The molecule has 7 heteroatoms. The minimum Gasteiger partial charge on any atom is -0.465 e. The van der Waals surface area contributed by atoms with Gasteiger partial charge in [0.15, 0.2) is 0 Å². The van der Waals surface area contributed by atoms with Crippen LogP contribution in [0.2, 0.25) is 0 Å². The summed E-state index contributed by atoms with van der Waals surface area (Å²) < 4.78 is 5.60. The Balaban J connectivity index is 1.89. The van der Waals surface area contributed by atoms with Crippen molar-refractivity contribution >= 4 is 57.0 Å². The molecule has 2 aromatic carbocycles. The summed E-state index contributed by atoms with van der Waals surface area (Å²) in [7, 11) is 1.36. The van der Waals surface area contributed by atoms with E-state index in [4.69, 9.17) is 16.3 Å². The van der Waals surface area contributed by atoms with Crippen LogP contribution >= 0.6 is 34.2 Å². The van der Waals surface area contributed by atoms with Crippen molar-refractivity contribution in [2.24, 2.45) is 0 Å². The van der Waals surface area contributed by atoms with E-state index < -0.39 is 0 Å². The van der Waals surface area contributed by atoms with E-state index in [0.717, 1.165) is 27.6 Å². The summed E-state index contributed by atoms with van der Waals surface area (Å²) in [6, 6.07) is 15.2. The molecule has 4 rings (SSSR count). The molecule has 1 N–H and O–H groups in total. The van der Waals surface area contributed by atoms with Crippen molar-refractivity contribution in [2.75, 3.05) is 17.4 Å². The van der Waals surface area contributed by atoms with E-state index in [1.807, 2.05) is 29.2 Å². The molecule has 1 aliphatic heterocycles. The Bertz CT molecular complexity index is 1060. The number of nitrogens with one attached hydrogen (secondary N) is 1. The fourth-order valence-corrected chi connectivity index (χ4v) is 5.02. The van der Waals surface area contributed by atoms with E-state index in [1.54, 1.807) is 12.1 Å².